The summed E-state index contributed by atoms with van der Waals surface area (Å²) in [4.78, 5) is 11.4. The van der Waals surface area contributed by atoms with Gasteiger partial charge in [0.05, 0.1) is 0 Å². The lowest BCUT2D eigenvalue weighted by Gasteiger charge is -2.18. The molecule has 14 heavy (non-hydrogen) atoms. The highest BCUT2D eigenvalue weighted by atomic mass is 35.5. The van der Waals surface area contributed by atoms with Gasteiger partial charge in [-0.2, -0.15) is 0 Å². The first-order valence-electron chi connectivity index (χ1n) is 5.31. The van der Waals surface area contributed by atoms with Gasteiger partial charge >= 0.3 is 0 Å². The second-order valence-electron chi connectivity index (χ2n) is 4.65. The van der Waals surface area contributed by atoms with Crippen LogP contribution in [0.2, 0.25) is 0 Å². The number of halogens is 1. The minimum absolute atomic E-state index is 0.117. The van der Waals surface area contributed by atoms with E-state index >= 15 is 0 Å². The fraction of sp³-hybridized carbons (Fsp3) is 0.909. The number of carbonyl (C=O) groups is 1. The first-order valence-corrected chi connectivity index (χ1v) is 5.84. The number of hydrogen-bond donors (Lipinski definition) is 1. The molecule has 0 aromatic rings. The molecule has 0 aliphatic rings. The monoisotopic (exact) mass is 219 g/mol. The van der Waals surface area contributed by atoms with Gasteiger partial charge in [-0.05, 0) is 18.3 Å². The summed E-state index contributed by atoms with van der Waals surface area (Å²) >= 11 is 5.78. The summed E-state index contributed by atoms with van der Waals surface area (Å²) in [6, 6.07) is 0.128. The van der Waals surface area contributed by atoms with E-state index in [0.717, 1.165) is 6.42 Å². The van der Waals surface area contributed by atoms with E-state index in [9.17, 15) is 4.79 Å². The quantitative estimate of drug-likeness (QED) is 0.684. The van der Waals surface area contributed by atoms with Crippen molar-refractivity contribution in [3.8, 4) is 0 Å². The van der Waals surface area contributed by atoms with Gasteiger partial charge in [0.2, 0.25) is 5.91 Å². The number of amides is 1. The van der Waals surface area contributed by atoms with E-state index in [-0.39, 0.29) is 11.9 Å². The van der Waals surface area contributed by atoms with Gasteiger partial charge in [0.15, 0.2) is 0 Å². The van der Waals surface area contributed by atoms with Crippen LogP contribution in [0, 0.1) is 11.8 Å². The predicted molar refractivity (Wildman–Crippen MR) is 61.6 cm³/mol. The van der Waals surface area contributed by atoms with Crippen molar-refractivity contribution in [3.63, 3.8) is 0 Å². The SMILES string of the molecule is CC(C)CC(=O)NC(CCl)CC(C)C. The summed E-state index contributed by atoms with van der Waals surface area (Å²) in [6.07, 6.45) is 1.54. The Balaban J connectivity index is 3.86. The molecule has 0 radical (unpaired) electrons. The van der Waals surface area contributed by atoms with Crippen molar-refractivity contribution in [1.29, 1.82) is 0 Å². The molecular formula is C11H22ClNO. The zero-order chi connectivity index (χ0) is 11.1. The van der Waals surface area contributed by atoms with Crippen molar-refractivity contribution in [2.45, 2.75) is 46.6 Å². The molecule has 0 spiro atoms. The maximum atomic E-state index is 11.4. The van der Waals surface area contributed by atoms with Gasteiger partial charge in [0.25, 0.3) is 0 Å². The maximum Gasteiger partial charge on any atom is 0.220 e. The molecule has 0 aromatic heterocycles. The topological polar surface area (TPSA) is 29.1 Å². The Morgan fingerprint density at radius 2 is 1.79 bits per heavy atom. The standard InChI is InChI=1S/C11H22ClNO/c1-8(2)5-10(7-12)13-11(14)6-9(3)4/h8-10H,5-7H2,1-4H3,(H,13,14). The van der Waals surface area contributed by atoms with Crippen molar-refractivity contribution in [1.82, 2.24) is 5.32 Å². The molecule has 0 fully saturated rings. The molecule has 1 N–H and O–H groups in total. The molecule has 0 aromatic carbocycles. The Kier molecular flexibility index (Phi) is 6.98. The molecule has 0 saturated carbocycles. The second kappa shape index (κ2) is 7.10. The van der Waals surface area contributed by atoms with Crippen LogP contribution in [0.5, 0.6) is 0 Å². The van der Waals surface area contributed by atoms with E-state index in [4.69, 9.17) is 11.6 Å². The van der Waals surface area contributed by atoms with Crippen LogP contribution in [0.25, 0.3) is 0 Å². The molecule has 1 atom stereocenters. The molecule has 0 bridgehead atoms. The highest BCUT2D eigenvalue weighted by molar-refractivity contribution is 6.18. The molecule has 3 heteroatoms. The fourth-order valence-electron chi connectivity index (χ4n) is 1.39. The molecule has 0 heterocycles. The minimum Gasteiger partial charge on any atom is -0.352 e. The Bertz CT molecular complexity index is 169. The van der Waals surface area contributed by atoms with E-state index in [2.05, 4.69) is 19.2 Å². The highest BCUT2D eigenvalue weighted by Gasteiger charge is 2.13. The van der Waals surface area contributed by atoms with E-state index < -0.39 is 0 Å². The molecule has 1 unspecified atom stereocenters. The van der Waals surface area contributed by atoms with Gasteiger partial charge in [0, 0.05) is 18.3 Å². The van der Waals surface area contributed by atoms with Gasteiger partial charge < -0.3 is 5.32 Å². The average Bonchev–Trinajstić information content (AvgIpc) is 2.00. The van der Waals surface area contributed by atoms with E-state index in [1.807, 2.05) is 13.8 Å². The predicted octanol–water partition coefficient (Wildman–Crippen LogP) is 2.80. The Morgan fingerprint density at radius 1 is 1.21 bits per heavy atom. The zero-order valence-electron chi connectivity index (χ0n) is 9.64. The molecule has 1 amide bonds. The summed E-state index contributed by atoms with van der Waals surface area (Å²) in [5.41, 5.74) is 0. The average molecular weight is 220 g/mol. The summed E-state index contributed by atoms with van der Waals surface area (Å²) in [5.74, 6) is 1.59. The van der Waals surface area contributed by atoms with Crippen molar-refractivity contribution < 1.29 is 4.79 Å². The van der Waals surface area contributed by atoms with E-state index in [0.29, 0.717) is 24.1 Å². The fourth-order valence-corrected chi connectivity index (χ4v) is 1.59. The van der Waals surface area contributed by atoms with Crippen LogP contribution in [0.1, 0.15) is 40.5 Å². The third-order valence-corrected chi connectivity index (χ3v) is 2.27. The molecule has 0 aliphatic carbocycles. The highest BCUT2D eigenvalue weighted by Crippen LogP contribution is 2.07. The van der Waals surface area contributed by atoms with Crippen molar-refractivity contribution in [2.24, 2.45) is 11.8 Å². The third kappa shape index (κ3) is 7.19. The Morgan fingerprint density at radius 3 is 2.14 bits per heavy atom. The smallest absolute Gasteiger partial charge is 0.220 e. The number of rotatable bonds is 6. The van der Waals surface area contributed by atoms with Crippen LogP contribution in [0.15, 0.2) is 0 Å². The Labute approximate surface area is 92.4 Å². The summed E-state index contributed by atoms with van der Waals surface area (Å²) in [6.45, 7) is 8.34. The molecule has 0 rings (SSSR count). The van der Waals surface area contributed by atoms with Crippen LogP contribution in [-0.2, 0) is 4.79 Å². The lowest BCUT2D eigenvalue weighted by Crippen LogP contribution is -2.37. The zero-order valence-corrected chi connectivity index (χ0v) is 10.4. The van der Waals surface area contributed by atoms with E-state index in [1.54, 1.807) is 0 Å². The molecule has 2 nitrogen and oxygen atoms in total. The lowest BCUT2D eigenvalue weighted by atomic mass is 10.0. The number of nitrogens with one attached hydrogen (secondary N) is 1. The summed E-state index contributed by atoms with van der Waals surface area (Å²) in [5, 5.41) is 2.96. The third-order valence-electron chi connectivity index (χ3n) is 1.90. The van der Waals surface area contributed by atoms with Crippen LogP contribution >= 0.6 is 11.6 Å². The van der Waals surface area contributed by atoms with Crippen LogP contribution in [0.4, 0.5) is 0 Å². The van der Waals surface area contributed by atoms with Crippen LogP contribution < -0.4 is 5.32 Å². The van der Waals surface area contributed by atoms with Crippen molar-refractivity contribution >= 4 is 17.5 Å². The van der Waals surface area contributed by atoms with Crippen LogP contribution in [0.3, 0.4) is 0 Å². The lowest BCUT2D eigenvalue weighted by molar-refractivity contribution is -0.122. The first-order chi connectivity index (χ1) is 6.45. The summed E-state index contributed by atoms with van der Waals surface area (Å²) < 4.78 is 0. The first kappa shape index (κ1) is 13.8. The van der Waals surface area contributed by atoms with E-state index in [1.165, 1.54) is 0 Å². The number of hydrogen-bond acceptors (Lipinski definition) is 1. The maximum absolute atomic E-state index is 11.4. The number of carbonyl (C=O) groups excluding carboxylic acids is 1. The summed E-state index contributed by atoms with van der Waals surface area (Å²) in [7, 11) is 0. The molecule has 0 saturated heterocycles. The van der Waals surface area contributed by atoms with Crippen molar-refractivity contribution in [3.05, 3.63) is 0 Å². The minimum atomic E-state index is 0.117. The van der Waals surface area contributed by atoms with Gasteiger partial charge in [-0.3, -0.25) is 4.79 Å². The van der Waals surface area contributed by atoms with Crippen molar-refractivity contribution in [2.75, 3.05) is 5.88 Å². The van der Waals surface area contributed by atoms with Gasteiger partial charge in [0.1, 0.15) is 0 Å². The van der Waals surface area contributed by atoms with Gasteiger partial charge in [-0.15, -0.1) is 11.6 Å². The number of alkyl halides is 1. The normalized spacial score (nSPS) is 13.4. The Hall–Kier alpha value is -0.240. The molecular weight excluding hydrogens is 198 g/mol. The largest absolute Gasteiger partial charge is 0.352 e. The van der Waals surface area contributed by atoms with Gasteiger partial charge in [-0.25, -0.2) is 0 Å². The second-order valence-corrected chi connectivity index (χ2v) is 4.95. The van der Waals surface area contributed by atoms with Gasteiger partial charge in [-0.1, -0.05) is 27.7 Å². The molecule has 0 aliphatic heterocycles. The molecule has 84 valence electrons. The van der Waals surface area contributed by atoms with Crippen LogP contribution in [-0.4, -0.2) is 17.8 Å².